The number of nitrogens with zero attached hydrogens (tertiary/aromatic N) is 2. The summed E-state index contributed by atoms with van der Waals surface area (Å²) < 4.78 is 0. The van der Waals surface area contributed by atoms with Gasteiger partial charge < -0.3 is 10.2 Å². The van der Waals surface area contributed by atoms with E-state index in [9.17, 15) is 14.4 Å². The maximum atomic E-state index is 12.8. The van der Waals surface area contributed by atoms with Crippen LogP contribution in [0.5, 0.6) is 0 Å². The molecule has 6 heteroatoms. The van der Waals surface area contributed by atoms with Crippen molar-refractivity contribution < 1.29 is 14.4 Å². The molecule has 2 amide bonds. The van der Waals surface area contributed by atoms with Gasteiger partial charge in [-0.25, -0.2) is 0 Å². The average Bonchev–Trinajstić information content (AvgIpc) is 2.55. The van der Waals surface area contributed by atoms with Gasteiger partial charge in [-0.2, -0.15) is 4.99 Å². The van der Waals surface area contributed by atoms with Crippen LogP contribution in [0.4, 0.5) is 5.69 Å². The first-order chi connectivity index (χ1) is 11.4. The van der Waals surface area contributed by atoms with E-state index in [2.05, 4.69) is 10.3 Å². The molecular formula is C18H17N3O3. The first kappa shape index (κ1) is 15.9. The van der Waals surface area contributed by atoms with Crippen molar-refractivity contribution in [2.24, 2.45) is 4.99 Å². The van der Waals surface area contributed by atoms with Gasteiger partial charge in [0.05, 0.1) is 6.42 Å². The zero-order valence-corrected chi connectivity index (χ0v) is 13.4. The molecule has 0 fully saturated rings. The normalized spacial score (nSPS) is 22.0. The summed E-state index contributed by atoms with van der Waals surface area (Å²) in [5, 5.41) is 2.81. The molecule has 1 atom stereocenters. The van der Waals surface area contributed by atoms with Crippen LogP contribution in [0.1, 0.15) is 30.6 Å². The second kappa shape index (κ2) is 5.88. The molecule has 0 spiro atoms. The molecule has 1 N–H and O–H groups in total. The van der Waals surface area contributed by atoms with E-state index in [1.54, 1.807) is 60.5 Å². The fraction of sp³-hybridized carbons (Fsp3) is 0.222. The standard InChI is InChI=1S/C18H17N3O3/c1-12(22)13-6-8-14(9-7-13)19-17(24)18(2)11-16(23)20-15-5-3-4-10-21(15)18/h3-10H,11H2,1-2H3,(H,19,24). The van der Waals surface area contributed by atoms with Crippen LogP contribution in [0, 0.1) is 0 Å². The van der Waals surface area contributed by atoms with Gasteiger partial charge in [0, 0.05) is 17.5 Å². The number of allylic oxidation sites excluding steroid dienone is 2. The van der Waals surface area contributed by atoms with Crippen molar-refractivity contribution in [2.45, 2.75) is 25.8 Å². The van der Waals surface area contributed by atoms with E-state index in [1.807, 2.05) is 0 Å². The van der Waals surface area contributed by atoms with E-state index < -0.39 is 5.54 Å². The van der Waals surface area contributed by atoms with Gasteiger partial charge in [-0.1, -0.05) is 6.08 Å². The minimum Gasteiger partial charge on any atom is -0.324 e. The number of amidine groups is 1. The molecule has 6 nitrogen and oxygen atoms in total. The summed E-state index contributed by atoms with van der Waals surface area (Å²) >= 11 is 0. The number of hydrogen-bond donors (Lipinski definition) is 1. The number of carbonyl (C=O) groups excluding carboxylic acids is 3. The number of amides is 2. The molecule has 0 saturated carbocycles. The Balaban J connectivity index is 1.84. The Morgan fingerprint density at radius 3 is 2.58 bits per heavy atom. The van der Waals surface area contributed by atoms with Crippen LogP contribution in [0.2, 0.25) is 0 Å². The third-order valence-electron chi connectivity index (χ3n) is 4.14. The Kier molecular flexibility index (Phi) is 3.89. The molecule has 2 aliphatic heterocycles. The van der Waals surface area contributed by atoms with Crippen LogP contribution in [-0.2, 0) is 9.59 Å². The Morgan fingerprint density at radius 1 is 1.21 bits per heavy atom. The summed E-state index contributed by atoms with van der Waals surface area (Å²) in [5.74, 6) is -0.216. The van der Waals surface area contributed by atoms with Crippen molar-refractivity contribution in [1.29, 1.82) is 0 Å². The summed E-state index contributed by atoms with van der Waals surface area (Å²) in [6.07, 6.45) is 6.99. The minimum atomic E-state index is -1.06. The number of hydrogen-bond acceptors (Lipinski definition) is 4. The Morgan fingerprint density at radius 2 is 1.92 bits per heavy atom. The van der Waals surface area contributed by atoms with Crippen molar-refractivity contribution in [1.82, 2.24) is 4.90 Å². The number of fused-ring (bicyclic) bond motifs is 1. The first-order valence-corrected chi connectivity index (χ1v) is 7.58. The Bertz CT molecular complexity index is 805. The summed E-state index contributed by atoms with van der Waals surface area (Å²) in [7, 11) is 0. The highest BCUT2D eigenvalue weighted by molar-refractivity contribution is 6.12. The molecule has 2 aliphatic rings. The zero-order valence-electron chi connectivity index (χ0n) is 13.4. The second-order valence-electron chi connectivity index (χ2n) is 5.97. The monoisotopic (exact) mass is 323 g/mol. The summed E-state index contributed by atoms with van der Waals surface area (Å²) in [4.78, 5) is 41.7. The number of aliphatic imine (C=N–C) groups is 1. The van der Waals surface area contributed by atoms with Crippen LogP contribution in [0.15, 0.2) is 53.7 Å². The fourth-order valence-electron chi connectivity index (χ4n) is 2.73. The molecule has 122 valence electrons. The van der Waals surface area contributed by atoms with Gasteiger partial charge in [0.1, 0.15) is 11.4 Å². The molecule has 0 saturated heterocycles. The van der Waals surface area contributed by atoms with Crippen LogP contribution < -0.4 is 5.32 Å². The quantitative estimate of drug-likeness (QED) is 0.866. The number of anilines is 1. The molecule has 0 aromatic heterocycles. The summed E-state index contributed by atoms with van der Waals surface area (Å²) in [6, 6.07) is 6.65. The number of nitrogens with one attached hydrogen (secondary N) is 1. The zero-order chi connectivity index (χ0) is 17.3. The number of benzene rings is 1. The summed E-state index contributed by atoms with van der Waals surface area (Å²) in [6.45, 7) is 3.20. The van der Waals surface area contributed by atoms with E-state index in [4.69, 9.17) is 0 Å². The van der Waals surface area contributed by atoms with Gasteiger partial charge in [-0.15, -0.1) is 0 Å². The van der Waals surface area contributed by atoms with Crippen molar-refractivity contribution in [3.05, 3.63) is 54.3 Å². The number of carbonyl (C=O) groups is 3. The van der Waals surface area contributed by atoms with Gasteiger partial charge in [-0.3, -0.25) is 14.4 Å². The van der Waals surface area contributed by atoms with E-state index in [1.165, 1.54) is 6.92 Å². The lowest BCUT2D eigenvalue weighted by molar-refractivity contribution is -0.130. The number of ketones is 1. The smallest absolute Gasteiger partial charge is 0.250 e. The molecule has 3 rings (SSSR count). The molecule has 24 heavy (non-hydrogen) atoms. The lowest BCUT2D eigenvalue weighted by Gasteiger charge is -2.41. The fourth-order valence-corrected chi connectivity index (χ4v) is 2.73. The lowest BCUT2D eigenvalue weighted by atomic mass is 9.91. The molecule has 1 aromatic rings. The topological polar surface area (TPSA) is 78.8 Å². The highest BCUT2D eigenvalue weighted by atomic mass is 16.2. The molecule has 0 aliphatic carbocycles. The van der Waals surface area contributed by atoms with Crippen LogP contribution in [0.3, 0.4) is 0 Å². The summed E-state index contributed by atoms with van der Waals surface area (Å²) in [5.41, 5.74) is 0.0825. The molecular weight excluding hydrogens is 306 g/mol. The molecule has 1 unspecified atom stereocenters. The molecule has 0 radical (unpaired) electrons. The Labute approximate surface area is 139 Å². The predicted molar refractivity (Wildman–Crippen MR) is 90.7 cm³/mol. The van der Waals surface area contributed by atoms with Crippen molar-refractivity contribution in [3.63, 3.8) is 0 Å². The maximum absolute atomic E-state index is 12.8. The molecule has 1 aromatic carbocycles. The van der Waals surface area contributed by atoms with Gasteiger partial charge in [0.2, 0.25) is 0 Å². The van der Waals surface area contributed by atoms with Crippen molar-refractivity contribution >= 4 is 29.1 Å². The van der Waals surface area contributed by atoms with E-state index in [0.717, 1.165) is 0 Å². The third-order valence-corrected chi connectivity index (χ3v) is 4.14. The third kappa shape index (κ3) is 2.78. The Hall–Kier alpha value is -3.02. The SMILES string of the molecule is CC(=O)c1ccc(NC(=O)C2(C)CC(=O)N=C3C=CC=CN32)cc1. The predicted octanol–water partition coefficient (Wildman–Crippen LogP) is 2.30. The minimum absolute atomic E-state index is 0.00789. The van der Waals surface area contributed by atoms with Gasteiger partial charge in [-0.05, 0) is 50.3 Å². The largest absolute Gasteiger partial charge is 0.324 e. The van der Waals surface area contributed by atoms with Gasteiger partial charge in [0.15, 0.2) is 5.78 Å². The van der Waals surface area contributed by atoms with Gasteiger partial charge >= 0.3 is 0 Å². The van der Waals surface area contributed by atoms with Crippen molar-refractivity contribution in [2.75, 3.05) is 5.32 Å². The lowest BCUT2D eigenvalue weighted by Crippen LogP contribution is -2.58. The highest BCUT2D eigenvalue weighted by Gasteiger charge is 2.45. The highest BCUT2D eigenvalue weighted by Crippen LogP contribution is 2.29. The van der Waals surface area contributed by atoms with Crippen molar-refractivity contribution in [3.8, 4) is 0 Å². The van der Waals surface area contributed by atoms with E-state index in [0.29, 0.717) is 17.1 Å². The number of Topliss-reactive ketones (excluding diaryl/α,β-unsaturated/α-hetero) is 1. The second-order valence-corrected chi connectivity index (χ2v) is 5.97. The van der Waals surface area contributed by atoms with Gasteiger partial charge in [0.25, 0.3) is 11.8 Å². The average molecular weight is 323 g/mol. The van der Waals surface area contributed by atoms with Crippen LogP contribution in [-0.4, -0.2) is 33.9 Å². The maximum Gasteiger partial charge on any atom is 0.250 e. The molecule has 0 bridgehead atoms. The van der Waals surface area contributed by atoms with Crippen LogP contribution in [0.25, 0.3) is 0 Å². The number of rotatable bonds is 3. The molecule has 2 heterocycles. The van der Waals surface area contributed by atoms with E-state index >= 15 is 0 Å². The van der Waals surface area contributed by atoms with E-state index in [-0.39, 0.29) is 24.0 Å². The first-order valence-electron chi connectivity index (χ1n) is 7.58. The van der Waals surface area contributed by atoms with Crippen LogP contribution >= 0.6 is 0 Å².